The molecule has 3 heterocycles. The summed E-state index contributed by atoms with van der Waals surface area (Å²) in [7, 11) is 0. The molecule has 11 heteroatoms. The minimum Gasteiger partial charge on any atom is -0.459 e. The molecule has 3 aliphatic rings. The van der Waals surface area contributed by atoms with Crippen molar-refractivity contribution in [2.24, 2.45) is 0 Å². The number of carbonyl (C=O) groups excluding carboxylic acids is 2. The van der Waals surface area contributed by atoms with Crippen molar-refractivity contribution in [3.8, 4) is 0 Å². The smallest absolute Gasteiger partial charge is 0.303 e. The van der Waals surface area contributed by atoms with Gasteiger partial charge in [-0.3, -0.25) is 9.59 Å². The van der Waals surface area contributed by atoms with Crippen LogP contribution in [-0.4, -0.2) is 89.9 Å². The van der Waals surface area contributed by atoms with Crippen molar-refractivity contribution in [1.29, 1.82) is 0 Å². The first kappa shape index (κ1) is 26.3. The lowest BCUT2D eigenvalue weighted by Crippen LogP contribution is -2.53. The van der Waals surface area contributed by atoms with Crippen molar-refractivity contribution in [1.82, 2.24) is 0 Å². The van der Waals surface area contributed by atoms with Crippen LogP contribution in [0.2, 0.25) is 0 Å². The molecular weight excluding hydrogens is 440 g/mol. The molecule has 0 aromatic heterocycles. The van der Waals surface area contributed by atoms with Crippen molar-refractivity contribution in [3.63, 3.8) is 0 Å². The fourth-order valence-electron chi connectivity index (χ4n) is 4.54. The molecule has 11 atom stereocenters. The van der Waals surface area contributed by atoms with E-state index >= 15 is 0 Å². The minimum absolute atomic E-state index is 0.157. The van der Waals surface area contributed by atoms with Gasteiger partial charge in [0.05, 0.1) is 24.4 Å². The number of carbonyl (C=O) groups is 2. The predicted octanol–water partition coefficient (Wildman–Crippen LogP) is 0.768. The van der Waals surface area contributed by atoms with E-state index in [4.69, 9.17) is 33.2 Å². The van der Waals surface area contributed by atoms with E-state index in [9.17, 15) is 19.8 Å². The summed E-state index contributed by atoms with van der Waals surface area (Å²) >= 11 is 0. The zero-order valence-corrected chi connectivity index (χ0v) is 19.7. The predicted molar refractivity (Wildman–Crippen MR) is 111 cm³/mol. The Hall–Kier alpha value is -1.34. The number of aliphatic hydroxyl groups excluding tert-OH is 2. The van der Waals surface area contributed by atoms with Gasteiger partial charge in [0.2, 0.25) is 0 Å². The van der Waals surface area contributed by atoms with Gasteiger partial charge in [-0.15, -0.1) is 0 Å². The Bertz CT molecular complexity index is 673. The van der Waals surface area contributed by atoms with Gasteiger partial charge in [-0.25, -0.2) is 0 Å². The molecule has 3 saturated heterocycles. The van der Waals surface area contributed by atoms with E-state index in [1.165, 1.54) is 13.8 Å². The number of esters is 2. The normalized spacial score (nSPS) is 44.2. The highest BCUT2D eigenvalue weighted by Crippen LogP contribution is 2.32. The lowest BCUT2D eigenvalue weighted by Gasteiger charge is -2.43. The summed E-state index contributed by atoms with van der Waals surface area (Å²) in [5, 5.41) is 20.2. The van der Waals surface area contributed by atoms with Crippen LogP contribution in [0.1, 0.15) is 60.3 Å². The molecule has 0 amide bonds. The van der Waals surface area contributed by atoms with Crippen molar-refractivity contribution < 1.29 is 53.0 Å². The Labute approximate surface area is 193 Å². The van der Waals surface area contributed by atoms with Crippen LogP contribution in [0.25, 0.3) is 0 Å². The van der Waals surface area contributed by atoms with Gasteiger partial charge in [-0.05, 0) is 27.2 Å². The second-order valence-corrected chi connectivity index (χ2v) is 8.95. The van der Waals surface area contributed by atoms with Gasteiger partial charge in [-0.1, -0.05) is 0 Å². The highest BCUT2D eigenvalue weighted by molar-refractivity contribution is 5.66. The third-order valence-electron chi connectivity index (χ3n) is 6.14. The molecule has 3 aliphatic heterocycles. The Kier molecular flexibility index (Phi) is 9.07. The molecule has 33 heavy (non-hydrogen) atoms. The molecule has 0 bridgehead atoms. The fraction of sp³-hybridized carbons (Fsp3) is 0.909. The van der Waals surface area contributed by atoms with E-state index in [1.54, 1.807) is 13.8 Å². The summed E-state index contributed by atoms with van der Waals surface area (Å²) in [4.78, 5) is 22.8. The first-order valence-corrected chi connectivity index (χ1v) is 11.5. The lowest BCUT2D eigenvalue weighted by atomic mass is 10.0. The van der Waals surface area contributed by atoms with Gasteiger partial charge in [0.15, 0.2) is 25.0 Å². The highest BCUT2D eigenvalue weighted by atomic mass is 16.7. The SMILES string of the molecule is CC(=O)OC1CC(OC2CCC(OC3CC(O)OC(C)C3OC(C)=O)OC2C)OC(C)C1O. The zero-order valence-electron chi connectivity index (χ0n) is 19.7. The summed E-state index contributed by atoms with van der Waals surface area (Å²) in [6.45, 7) is 7.88. The van der Waals surface area contributed by atoms with Crippen molar-refractivity contribution in [2.75, 3.05) is 0 Å². The standard InChI is InChI=1S/C22H36O11/c1-10-15(32-20-9-16(30-13(4)23)21(26)11(2)29-20)6-7-19(28-10)33-17-8-18(25)27-12(3)22(17)31-14(5)24/h10-12,15-22,25-26H,6-9H2,1-5H3. The van der Waals surface area contributed by atoms with Crippen LogP contribution in [0.15, 0.2) is 0 Å². The fourth-order valence-corrected chi connectivity index (χ4v) is 4.54. The summed E-state index contributed by atoms with van der Waals surface area (Å²) in [6.07, 6.45) is -5.28. The molecule has 0 aromatic rings. The van der Waals surface area contributed by atoms with Crippen LogP contribution < -0.4 is 0 Å². The first-order chi connectivity index (χ1) is 15.5. The number of rotatable bonds is 6. The van der Waals surface area contributed by atoms with Gasteiger partial charge in [0, 0.05) is 33.1 Å². The molecule has 11 nitrogen and oxygen atoms in total. The quantitative estimate of drug-likeness (QED) is 0.525. The zero-order chi connectivity index (χ0) is 24.3. The van der Waals surface area contributed by atoms with E-state index in [1.807, 2.05) is 6.92 Å². The molecule has 0 radical (unpaired) electrons. The Morgan fingerprint density at radius 3 is 2.00 bits per heavy atom. The molecule has 0 spiro atoms. The summed E-state index contributed by atoms with van der Waals surface area (Å²) < 4.78 is 39.8. The second-order valence-electron chi connectivity index (χ2n) is 8.95. The minimum atomic E-state index is -1.01. The van der Waals surface area contributed by atoms with E-state index in [2.05, 4.69) is 0 Å². The van der Waals surface area contributed by atoms with E-state index in [0.717, 1.165) is 0 Å². The topological polar surface area (TPSA) is 139 Å². The highest BCUT2D eigenvalue weighted by Gasteiger charge is 2.43. The maximum atomic E-state index is 11.5. The molecule has 0 aromatic carbocycles. The molecular formula is C22H36O11. The number of aliphatic hydroxyl groups is 2. The Morgan fingerprint density at radius 1 is 0.727 bits per heavy atom. The van der Waals surface area contributed by atoms with Crippen LogP contribution >= 0.6 is 0 Å². The third-order valence-corrected chi connectivity index (χ3v) is 6.14. The molecule has 0 aliphatic carbocycles. The number of ether oxygens (including phenoxy) is 7. The van der Waals surface area contributed by atoms with Crippen LogP contribution in [0.4, 0.5) is 0 Å². The van der Waals surface area contributed by atoms with Crippen LogP contribution in [0.3, 0.4) is 0 Å². The molecule has 3 fully saturated rings. The van der Waals surface area contributed by atoms with Gasteiger partial charge < -0.3 is 43.4 Å². The first-order valence-electron chi connectivity index (χ1n) is 11.5. The van der Waals surface area contributed by atoms with E-state index in [-0.39, 0.29) is 25.0 Å². The van der Waals surface area contributed by atoms with Gasteiger partial charge in [0.25, 0.3) is 0 Å². The van der Waals surface area contributed by atoms with Crippen LogP contribution in [-0.2, 0) is 42.7 Å². The lowest BCUT2D eigenvalue weighted by molar-refractivity contribution is -0.314. The molecule has 0 saturated carbocycles. The Balaban J connectivity index is 1.53. The van der Waals surface area contributed by atoms with Gasteiger partial charge in [0.1, 0.15) is 18.3 Å². The maximum Gasteiger partial charge on any atom is 0.303 e. The van der Waals surface area contributed by atoms with Gasteiger partial charge >= 0.3 is 11.9 Å². The molecule has 3 rings (SSSR count). The van der Waals surface area contributed by atoms with Crippen LogP contribution in [0, 0.1) is 0 Å². The van der Waals surface area contributed by atoms with Crippen molar-refractivity contribution >= 4 is 11.9 Å². The molecule has 11 unspecified atom stereocenters. The van der Waals surface area contributed by atoms with E-state index in [0.29, 0.717) is 12.8 Å². The van der Waals surface area contributed by atoms with Crippen molar-refractivity contribution in [2.45, 2.75) is 128 Å². The largest absolute Gasteiger partial charge is 0.459 e. The maximum absolute atomic E-state index is 11.5. The number of hydrogen-bond acceptors (Lipinski definition) is 11. The summed E-state index contributed by atoms with van der Waals surface area (Å²) in [5.74, 6) is -0.924. The average molecular weight is 477 g/mol. The summed E-state index contributed by atoms with van der Waals surface area (Å²) in [6, 6.07) is 0. The monoisotopic (exact) mass is 476 g/mol. The Morgan fingerprint density at radius 2 is 1.36 bits per heavy atom. The third kappa shape index (κ3) is 7.08. The molecule has 2 N–H and O–H groups in total. The van der Waals surface area contributed by atoms with E-state index < -0.39 is 67.4 Å². The number of hydrogen-bond donors (Lipinski definition) is 2. The molecule has 190 valence electrons. The van der Waals surface area contributed by atoms with Crippen molar-refractivity contribution in [3.05, 3.63) is 0 Å². The average Bonchev–Trinajstić information content (AvgIpc) is 2.70. The van der Waals surface area contributed by atoms with Crippen LogP contribution in [0.5, 0.6) is 0 Å². The summed E-state index contributed by atoms with van der Waals surface area (Å²) in [5.41, 5.74) is 0. The van der Waals surface area contributed by atoms with Gasteiger partial charge in [-0.2, -0.15) is 0 Å². The second kappa shape index (κ2) is 11.4.